The van der Waals surface area contributed by atoms with Crippen LogP contribution in [0.15, 0.2) is 59.8 Å². The Balaban J connectivity index is 1.95. The van der Waals surface area contributed by atoms with Gasteiger partial charge in [-0.3, -0.25) is 4.79 Å². The first-order chi connectivity index (χ1) is 13.2. The molecule has 1 heterocycles. The van der Waals surface area contributed by atoms with Crippen molar-refractivity contribution in [2.45, 2.75) is 19.1 Å². The zero-order valence-electron chi connectivity index (χ0n) is 14.5. The molecular formula is C19H15F4N3O2. The lowest BCUT2D eigenvalue weighted by Crippen LogP contribution is -2.46. The summed E-state index contributed by atoms with van der Waals surface area (Å²) in [6.07, 6.45) is -4.56. The van der Waals surface area contributed by atoms with Crippen molar-refractivity contribution in [2.24, 2.45) is 0 Å². The van der Waals surface area contributed by atoms with Crippen molar-refractivity contribution in [3.63, 3.8) is 0 Å². The Morgan fingerprint density at radius 2 is 1.82 bits per heavy atom. The molecule has 3 N–H and O–H groups in total. The Labute approximate surface area is 157 Å². The van der Waals surface area contributed by atoms with Gasteiger partial charge in [-0.1, -0.05) is 24.3 Å². The number of nitrogens with one attached hydrogen (secondary N) is 3. The van der Waals surface area contributed by atoms with E-state index in [9.17, 15) is 27.2 Å². The lowest BCUT2D eigenvalue weighted by atomic mass is 9.94. The molecule has 0 aromatic heterocycles. The predicted molar refractivity (Wildman–Crippen MR) is 93.6 cm³/mol. The van der Waals surface area contributed by atoms with Gasteiger partial charge in [0.15, 0.2) is 0 Å². The Morgan fingerprint density at radius 1 is 1.11 bits per heavy atom. The summed E-state index contributed by atoms with van der Waals surface area (Å²) in [6, 6.07) is 8.01. The number of allylic oxidation sites excluding steroid dienone is 1. The second kappa shape index (κ2) is 7.34. The van der Waals surface area contributed by atoms with Gasteiger partial charge in [0.25, 0.3) is 5.91 Å². The van der Waals surface area contributed by atoms with E-state index < -0.39 is 35.5 Å². The fourth-order valence-electron chi connectivity index (χ4n) is 2.91. The van der Waals surface area contributed by atoms with E-state index in [1.165, 1.54) is 31.2 Å². The van der Waals surface area contributed by atoms with Crippen molar-refractivity contribution in [1.29, 1.82) is 0 Å². The molecule has 146 valence electrons. The molecule has 3 amide bonds. The highest BCUT2D eigenvalue weighted by Crippen LogP contribution is 2.32. The summed E-state index contributed by atoms with van der Waals surface area (Å²) < 4.78 is 52.8. The molecule has 28 heavy (non-hydrogen) atoms. The maximum Gasteiger partial charge on any atom is 0.416 e. The van der Waals surface area contributed by atoms with Crippen molar-refractivity contribution >= 4 is 17.6 Å². The summed E-state index contributed by atoms with van der Waals surface area (Å²) in [6.45, 7) is 1.45. The van der Waals surface area contributed by atoms with Crippen molar-refractivity contribution in [2.75, 3.05) is 5.32 Å². The van der Waals surface area contributed by atoms with Crippen LogP contribution in [0.5, 0.6) is 0 Å². The van der Waals surface area contributed by atoms with Gasteiger partial charge in [0.05, 0.1) is 17.2 Å². The van der Waals surface area contributed by atoms with Crippen LogP contribution >= 0.6 is 0 Å². The van der Waals surface area contributed by atoms with Gasteiger partial charge in [-0.15, -0.1) is 0 Å². The first-order valence-electron chi connectivity index (χ1n) is 8.18. The molecule has 5 nitrogen and oxygen atoms in total. The standard InChI is InChI=1S/C19H15F4N3O2/c1-10-15(16(26-18(28)24-10)13-7-2-3-8-14(13)20)17(27)25-12-6-4-5-11(9-12)19(21,22)23/h2-9,16H,1H3,(H,25,27)(H2,24,26,28). The molecule has 2 aromatic carbocycles. The molecule has 0 saturated heterocycles. The van der Waals surface area contributed by atoms with Gasteiger partial charge in [-0.2, -0.15) is 13.2 Å². The van der Waals surface area contributed by atoms with Crippen LogP contribution in [0.1, 0.15) is 24.1 Å². The van der Waals surface area contributed by atoms with E-state index in [-0.39, 0.29) is 22.5 Å². The predicted octanol–water partition coefficient (Wildman–Crippen LogP) is 4.11. The number of anilines is 1. The average molecular weight is 393 g/mol. The van der Waals surface area contributed by atoms with Crippen LogP contribution < -0.4 is 16.0 Å². The summed E-state index contributed by atoms with van der Waals surface area (Å²) in [5, 5.41) is 7.26. The molecule has 1 atom stereocenters. The normalized spacial score (nSPS) is 17.0. The highest BCUT2D eigenvalue weighted by molar-refractivity contribution is 6.06. The van der Waals surface area contributed by atoms with Crippen LogP contribution in [0.25, 0.3) is 0 Å². The molecule has 1 unspecified atom stereocenters. The molecule has 0 spiro atoms. The molecule has 2 aromatic rings. The monoisotopic (exact) mass is 393 g/mol. The summed E-state index contributed by atoms with van der Waals surface area (Å²) in [4.78, 5) is 24.6. The number of hydrogen-bond donors (Lipinski definition) is 3. The topological polar surface area (TPSA) is 70.2 Å². The summed E-state index contributed by atoms with van der Waals surface area (Å²) in [7, 11) is 0. The Kier molecular flexibility index (Phi) is 5.08. The van der Waals surface area contributed by atoms with E-state index in [0.717, 1.165) is 18.2 Å². The number of urea groups is 1. The lowest BCUT2D eigenvalue weighted by molar-refractivity contribution is -0.137. The first kappa shape index (κ1) is 19.4. The molecule has 1 aliphatic heterocycles. The number of carbonyl (C=O) groups excluding carboxylic acids is 2. The zero-order chi connectivity index (χ0) is 20.5. The van der Waals surface area contributed by atoms with Crippen LogP contribution in [-0.4, -0.2) is 11.9 Å². The van der Waals surface area contributed by atoms with Gasteiger partial charge in [-0.25, -0.2) is 9.18 Å². The third-order valence-corrected chi connectivity index (χ3v) is 4.18. The summed E-state index contributed by atoms with van der Waals surface area (Å²) in [5.41, 5.74) is -0.782. The minimum Gasteiger partial charge on any atom is -0.327 e. The van der Waals surface area contributed by atoms with E-state index in [1.807, 2.05) is 0 Å². The number of rotatable bonds is 3. The number of alkyl halides is 3. The zero-order valence-corrected chi connectivity index (χ0v) is 14.5. The molecule has 0 bridgehead atoms. The fourth-order valence-corrected chi connectivity index (χ4v) is 2.91. The van der Waals surface area contributed by atoms with Gasteiger partial charge in [0.1, 0.15) is 5.82 Å². The minimum atomic E-state index is -4.56. The van der Waals surface area contributed by atoms with Crippen LogP contribution in [0.4, 0.5) is 28.0 Å². The molecule has 9 heteroatoms. The average Bonchev–Trinajstić information content (AvgIpc) is 2.60. The maximum absolute atomic E-state index is 14.2. The largest absolute Gasteiger partial charge is 0.416 e. The minimum absolute atomic E-state index is 0.0119. The van der Waals surface area contributed by atoms with Crippen molar-refractivity contribution in [1.82, 2.24) is 10.6 Å². The molecule has 3 rings (SSSR count). The van der Waals surface area contributed by atoms with E-state index in [4.69, 9.17) is 0 Å². The molecule has 0 radical (unpaired) electrons. The van der Waals surface area contributed by atoms with E-state index >= 15 is 0 Å². The van der Waals surface area contributed by atoms with Crippen LogP contribution in [0.3, 0.4) is 0 Å². The van der Waals surface area contributed by atoms with Crippen molar-refractivity contribution in [3.05, 3.63) is 76.7 Å². The van der Waals surface area contributed by atoms with Gasteiger partial charge in [0.2, 0.25) is 0 Å². The van der Waals surface area contributed by atoms with E-state index in [0.29, 0.717) is 0 Å². The smallest absolute Gasteiger partial charge is 0.327 e. The van der Waals surface area contributed by atoms with Crippen LogP contribution in [-0.2, 0) is 11.0 Å². The fraction of sp³-hybridized carbons (Fsp3) is 0.158. The quantitative estimate of drug-likeness (QED) is 0.687. The molecular weight excluding hydrogens is 378 g/mol. The number of hydrogen-bond acceptors (Lipinski definition) is 2. The second-order valence-corrected chi connectivity index (χ2v) is 6.12. The summed E-state index contributed by atoms with van der Waals surface area (Å²) in [5.74, 6) is -1.40. The third kappa shape index (κ3) is 3.98. The highest BCUT2D eigenvalue weighted by atomic mass is 19.4. The molecule has 0 aliphatic carbocycles. The number of amides is 3. The summed E-state index contributed by atoms with van der Waals surface area (Å²) >= 11 is 0. The SMILES string of the molecule is CC1=C(C(=O)Nc2cccc(C(F)(F)F)c2)C(c2ccccc2F)NC(=O)N1. The van der Waals surface area contributed by atoms with Crippen molar-refractivity contribution < 1.29 is 27.2 Å². The number of halogens is 4. The molecule has 1 aliphatic rings. The third-order valence-electron chi connectivity index (χ3n) is 4.18. The maximum atomic E-state index is 14.2. The Hall–Kier alpha value is -3.36. The van der Waals surface area contributed by atoms with Gasteiger partial charge >= 0.3 is 12.2 Å². The number of benzene rings is 2. The highest BCUT2D eigenvalue weighted by Gasteiger charge is 2.33. The van der Waals surface area contributed by atoms with Crippen LogP contribution in [0.2, 0.25) is 0 Å². The first-order valence-corrected chi connectivity index (χ1v) is 8.18. The van der Waals surface area contributed by atoms with Gasteiger partial charge in [0, 0.05) is 16.9 Å². The Morgan fingerprint density at radius 3 is 2.50 bits per heavy atom. The van der Waals surface area contributed by atoms with Crippen molar-refractivity contribution in [3.8, 4) is 0 Å². The van der Waals surface area contributed by atoms with E-state index in [2.05, 4.69) is 16.0 Å². The molecule has 0 saturated carbocycles. The Bertz CT molecular complexity index is 970. The lowest BCUT2D eigenvalue weighted by Gasteiger charge is -2.29. The number of carbonyl (C=O) groups is 2. The van der Waals surface area contributed by atoms with E-state index in [1.54, 1.807) is 6.07 Å². The van der Waals surface area contributed by atoms with Crippen LogP contribution in [0, 0.1) is 5.82 Å². The van der Waals surface area contributed by atoms with Gasteiger partial charge in [-0.05, 0) is 31.2 Å². The van der Waals surface area contributed by atoms with Gasteiger partial charge < -0.3 is 16.0 Å². The second-order valence-electron chi connectivity index (χ2n) is 6.12. The molecule has 0 fully saturated rings.